The first-order valence-corrected chi connectivity index (χ1v) is 7.17. The Morgan fingerprint density at radius 2 is 2.31 bits per heavy atom. The number of aryl methyl sites for hydroxylation is 1. The lowest BCUT2D eigenvalue weighted by Crippen LogP contribution is -2.28. The van der Waals surface area contributed by atoms with Crippen LogP contribution in [0.2, 0.25) is 0 Å². The van der Waals surface area contributed by atoms with E-state index in [-0.39, 0.29) is 0 Å². The average molecular weight is 238 g/mol. The molecule has 1 fully saturated rings. The van der Waals surface area contributed by atoms with E-state index in [9.17, 15) is 0 Å². The number of nitrogens with zero attached hydrogens (tertiary/aromatic N) is 1. The van der Waals surface area contributed by atoms with Crippen LogP contribution in [0.15, 0.2) is 5.51 Å². The molecular formula is C13H22N2S. The molecule has 16 heavy (non-hydrogen) atoms. The summed E-state index contributed by atoms with van der Waals surface area (Å²) in [6.45, 7) is 4.51. The summed E-state index contributed by atoms with van der Waals surface area (Å²) in [5, 5.41) is 3.51. The van der Waals surface area contributed by atoms with E-state index in [1.54, 1.807) is 11.3 Å². The summed E-state index contributed by atoms with van der Waals surface area (Å²) in [7, 11) is 2.09. The molecule has 1 saturated carbocycles. The lowest BCUT2D eigenvalue weighted by Gasteiger charge is -2.32. The van der Waals surface area contributed by atoms with Crippen molar-refractivity contribution in [2.45, 2.75) is 45.6 Å². The maximum Gasteiger partial charge on any atom is 0.0798 e. The third-order valence-electron chi connectivity index (χ3n) is 3.82. The topological polar surface area (TPSA) is 24.9 Å². The van der Waals surface area contributed by atoms with Crippen molar-refractivity contribution in [3.63, 3.8) is 0 Å². The third-order valence-corrected chi connectivity index (χ3v) is 4.84. The lowest BCUT2D eigenvalue weighted by atomic mass is 9.78. The van der Waals surface area contributed by atoms with Gasteiger partial charge in [0.25, 0.3) is 0 Å². The summed E-state index contributed by atoms with van der Waals surface area (Å²) in [6, 6.07) is 0.523. The molecular weight excluding hydrogens is 216 g/mol. The van der Waals surface area contributed by atoms with Crippen molar-refractivity contribution in [3.05, 3.63) is 16.1 Å². The first kappa shape index (κ1) is 12.1. The van der Waals surface area contributed by atoms with Gasteiger partial charge in [-0.25, -0.2) is 4.98 Å². The van der Waals surface area contributed by atoms with Gasteiger partial charge in [0.05, 0.1) is 11.2 Å². The van der Waals surface area contributed by atoms with Crippen LogP contribution in [0.1, 0.15) is 49.2 Å². The highest BCUT2D eigenvalue weighted by Crippen LogP contribution is 2.38. The summed E-state index contributed by atoms with van der Waals surface area (Å²) < 4.78 is 0. The number of aromatic nitrogens is 1. The van der Waals surface area contributed by atoms with Crippen molar-refractivity contribution >= 4 is 11.3 Å². The second kappa shape index (κ2) is 5.28. The van der Waals surface area contributed by atoms with Crippen LogP contribution in [0.3, 0.4) is 0 Å². The van der Waals surface area contributed by atoms with E-state index in [1.165, 1.54) is 36.3 Å². The van der Waals surface area contributed by atoms with Crippen molar-refractivity contribution in [1.82, 2.24) is 10.3 Å². The summed E-state index contributed by atoms with van der Waals surface area (Å²) in [5.41, 5.74) is 3.18. The summed E-state index contributed by atoms with van der Waals surface area (Å²) in [4.78, 5) is 5.82. The molecule has 0 aromatic carbocycles. The average Bonchev–Trinajstić information content (AvgIpc) is 2.67. The van der Waals surface area contributed by atoms with Crippen molar-refractivity contribution in [2.24, 2.45) is 11.8 Å². The Balaban J connectivity index is 2.13. The standard InChI is InChI=1S/C13H22N2S/c1-9-5-4-6-11(7-9)12(14-3)13-10(2)15-8-16-13/h8-9,11-12,14H,4-7H2,1-3H3. The van der Waals surface area contributed by atoms with Crippen molar-refractivity contribution in [3.8, 4) is 0 Å². The molecule has 1 aliphatic carbocycles. The second-order valence-electron chi connectivity index (χ2n) is 5.10. The lowest BCUT2D eigenvalue weighted by molar-refractivity contribution is 0.231. The highest BCUT2D eigenvalue weighted by molar-refractivity contribution is 7.09. The SMILES string of the molecule is CNC(c1scnc1C)C1CCCC(C)C1. The zero-order chi connectivity index (χ0) is 11.5. The molecule has 0 aliphatic heterocycles. The van der Waals surface area contributed by atoms with Gasteiger partial charge < -0.3 is 5.32 Å². The minimum absolute atomic E-state index is 0.523. The number of hydrogen-bond donors (Lipinski definition) is 1. The normalized spacial score (nSPS) is 27.9. The van der Waals surface area contributed by atoms with E-state index in [1.807, 2.05) is 5.51 Å². The maximum absolute atomic E-state index is 4.38. The first-order valence-electron chi connectivity index (χ1n) is 6.29. The molecule has 1 aromatic rings. The van der Waals surface area contributed by atoms with Crippen LogP contribution in [-0.2, 0) is 0 Å². The molecule has 1 aliphatic rings. The summed E-state index contributed by atoms with van der Waals surface area (Å²) >= 11 is 1.80. The molecule has 0 spiro atoms. The van der Waals surface area contributed by atoms with Crippen LogP contribution in [0.5, 0.6) is 0 Å². The molecule has 0 bridgehead atoms. The molecule has 1 N–H and O–H groups in total. The fourth-order valence-corrected chi connectivity index (χ4v) is 3.98. The van der Waals surface area contributed by atoms with Crippen LogP contribution < -0.4 is 5.32 Å². The Kier molecular flexibility index (Phi) is 3.98. The fraction of sp³-hybridized carbons (Fsp3) is 0.769. The van der Waals surface area contributed by atoms with E-state index in [4.69, 9.17) is 0 Å². The van der Waals surface area contributed by atoms with Crippen molar-refractivity contribution < 1.29 is 0 Å². The molecule has 3 unspecified atom stereocenters. The predicted molar refractivity (Wildman–Crippen MR) is 69.8 cm³/mol. The van der Waals surface area contributed by atoms with Gasteiger partial charge in [-0.05, 0) is 38.6 Å². The molecule has 1 heterocycles. The zero-order valence-electron chi connectivity index (χ0n) is 10.5. The van der Waals surface area contributed by atoms with Crippen LogP contribution in [-0.4, -0.2) is 12.0 Å². The molecule has 3 heteroatoms. The largest absolute Gasteiger partial charge is 0.312 e. The number of hydrogen-bond acceptors (Lipinski definition) is 3. The van der Waals surface area contributed by atoms with Gasteiger partial charge in [-0.2, -0.15) is 0 Å². The van der Waals surface area contributed by atoms with Crippen LogP contribution in [0.4, 0.5) is 0 Å². The van der Waals surface area contributed by atoms with E-state index < -0.39 is 0 Å². The molecule has 0 saturated heterocycles. The van der Waals surface area contributed by atoms with Gasteiger partial charge >= 0.3 is 0 Å². The number of rotatable bonds is 3. The molecule has 0 amide bonds. The summed E-state index contributed by atoms with van der Waals surface area (Å²) in [6.07, 6.45) is 5.53. The minimum atomic E-state index is 0.523. The maximum atomic E-state index is 4.38. The van der Waals surface area contributed by atoms with Gasteiger partial charge in [-0.1, -0.05) is 19.8 Å². The van der Waals surface area contributed by atoms with Crippen LogP contribution in [0.25, 0.3) is 0 Å². The molecule has 3 atom stereocenters. The fourth-order valence-electron chi connectivity index (χ4n) is 2.97. The quantitative estimate of drug-likeness (QED) is 0.871. The van der Waals surface area contributed by atoms with Crippen molar-refractivity contribution in [1.29, 1.82) is 0 Å². The smallest absolute Gasteiger partial charge is 0.0798 e. The molecule has 2 rings (SSSR count). The van der Waals surface area contributed by atoms with Gasteiger partial charge in [0.2, 0.25) is 0 Å². The Labute approximate surface area is 102 Å². The van der Waals surface area contributed by atoms with E-state index in [0.717, 1.165) is 11.8 Å². The molecule has 90 valence electrons. The predicted octanol–water partition coefficient (Wildman–Crippen LogP) is 3.54. The van der Waals surface area contributed by atoms with Gasteiger partial charge in [-0.15, -0.1) is 11.3 Å². The van der Waals surface area contributed by atoms with Crippen LogP contribution >= 0.6 is 11.3 Å². The van der Waals surface area contributed by atoms with E-state index >= 15 is 0 Å². The summed E-state index contributed by atoms with van der Waals surface area (Å²) in [5.74, 6) is 1.69. The van der Waals surface area contributed by atoms with E-state index in [2.05, 4.69) is 31.2 Å². The number of thiazole rings is 1. The Morgan fingerprint density at radius 3 is 2.88 bits per heavy atom. The first-order chi connectivity index (χ1) is 7.72. The van der Waals surface area contributed by atoms with Gasteiger partial charge in [-0.3, -0.25) is 0 Å². The Hall–Kier alpha value is -0.410. The highest BCUT2D eigenvalue weighted by atomic mass is 32.1. The molecule has 1 aromatic heterocycles. The zero-order valence-corrected chi connectivity index (χ0v) is 11.3. The molecule has 0 radical (unpaired) electrons. The monoisotopic (exact) mass is 238 g/mol. The Morgan fingerprint density at radius 1 is 1.50 bits per heavy atom. The van der Waals surface area contributed by atoms with Gasteiger partial charge in [0.1, 0.15) is 0 Å². The third kappa shape index (κ3) is 2.46. The van der Waals surface area contributed by atoms with Crippen LogP contribution in [0, 0.1) is 18.8 Å². The minimum Gasteiger partial charge on any atom is -0.312 e. The highest BCUT2D eigenvalue weighted by Gasteiger charge is 2.28. The number of nitrogens with one attached hydrogen (secondary N) is 1. The van der Waals surface area contributed by atoms with Gasteiger partial charge in [0.15, 0.2) is 0 Å². The van der Waals surface area contributed by atoms with Crippen molar-refractivity contribution in [2.75, 3.05) is 7.05 Å². The van der Waals surface area contributed by atoms with E-state index in [0.29, 0.717) is 6.04 Å². The second-order valence-corrected chi connectivity index (χ2v) is 5.99. The molecule has 2 nitrogen and oxygen atoms in total. The Bertz CT molecular complexity index is 334. The van der Waals surface area contributed by atoms with Gasteiger partial charge in [0, 0.05) is 10.9 Å².